The number of fused-ring (bicyclic) bond motifs is 5. The molecule has 196 valence electrons. The Kier molecular flexibility index (Phi) is 9.01. The van der Waals surface area contributed by atoms with E-state index in [1.165, 1.54) is 12.2 Å². The van der Waals surface area contributed by atoms with Gasteiger partial charge >= 0.3 is 57.4 Å². The predicted octanol–water partition coefficient (Wildman–Crippen LogP) is -0.418. The molecule has 4 rings (SSSR count). The standard InChI is InChI=1S/C25H33FO8S.K.H/c1-13-8-16-15-10-18(26)17-9-14(27)4-6-24(17,2)23(15)19(28)11-25(16,3)22(13)20(29)12-34-21(30)5-7-35(31,32)33;;/h4,6,9,13,15-16,18-19,22-23,28H,5,7-8,10-12H2,1-3H3,(H,31,32,33);;/q;+1;-1/t13?,15-,16-,18?,19?,22+,23+,24-,25-;;/m0../s1. The van der Waals surface area contributed by atoms with Gasteiger partial charge in [-0.05, 0) is 60.2 Å². The normalized spacial score (nSPS) is 41.3. The third-order valence-corrected chi connectivity index (χ3v) is 9.82. The van der Waals surface area contributed by atoms with Crippen LogP contribution in [0.25, 0.3) is 0 Å². The number of ether oxygens (including phenoxy) is 1. The summed E-state index contributed by atoms with van der Waals surface area (Å²) < 4.78 is 50.8. The van der Waals surface area contributed by atoms with E-state index in [-0.39, 0.29) is 94.5 Å². The maximum absolute atomic E-state index is 15.4. The number of aliphatic hydroxyl groups is 1. The Labute approximate surface area is 255 Å². The number of aliphatic hydroxyl groups excluding tert-OH is 1. The first-order valence-corrected chi connectivity index (χ1v) is 13.7. The Hall–Kier alpha value is -0.274. The first kappa shape index (κ1) is 30.3. The maximum atomic E-state index is 15.4. The number of alkyl halides is 1. The van der Waals surface area contributed by atoms with Gasteiger partial charge in [0.05, 0.1) is 18.3 Å². The van der Waals surface area contributed by atoms with Crippen LogP contribution in [-0.4, -0.2) is 60.2 Å². The molecule has 0 aliphatic heterocycles. The monoisotopic (exact) mass is 552 g/mol. The van der Waals surface area contributed by atoms with Crippen LogP contribution < -0.4 is 51.4 Å². The Morgan fingerprint density at radius 3 is 2.58 bits per heavy atom. The molecule has 0 aromatic carbocycles. The van der Waals surface area contributed by atoms with Gasteiger partial charge in [-0.15, -0.1) is 0 Å². The van der Waals surface area contributed by atoms with E-state index < -0.39 is 63.9 Å². The summed E-state index contributed by atoms with van der Waals surface area (Å²) in [6.45, 7) is 5.25. The molecule has 2 N–H and O–H groups in total. The first-order valence-electron chi connectivity index (χ1n) is 12.1. The topological polar surface area (TPSA) is 135 Å². The number of rotatable bonds is 6. The molecule has 9 atom stereocenters. The number of hydrogen-bond donors (Lipinski definition) is 2. The molecule has 4 aliphatic rings. The molecular weight excluding hydrogens is 518 g/mol. The molecule has 3 fully saturated rings. The van der Waals surface area contributed by atoms with Crippen LogP contribution in [0.1, 0.15) is 47.9 Å². The van der Waals surface area contributed by atoms with Crippen LogP contribution in [0.5, 0.6) is 0 Å². The largest absolute Gasteiger partial charge is 1.00 e. The molecule has 11 heteroatoms. The molecule has 3 saturated carbocycles. The average Bonchev–Trinajstić information content (AvgIpc) is 3.01. The minimum Gasteiger partial charge on any atom is -1.00 e. The van der Waals surface area contributed by atoms with Crippen molar-refractivity contribution in [1.29, 1.82) is 0 Å². The van der Waals surface area contributed by atoms with Crippen molar-refractivity contribution >= 4 is 27.7 Å². The Morgan fingerprint density at radius 2 is 1.94 bits per heavy atom. The number of allylic oxidation sites excluding steroid dienone is 4. The third-order valence-electron chi connectivity index (χ3n) is 9.10. The van der Waals surface area contributed by atoms with Crippen LogP contribution in [-0.2, 0) is 29.2 Å². The predicted molar refractivity (Wildman–Crippen MR) is 124 cm³/mol. The fourth-order valence-electron chi connectivity index (χ4n) is 7.91. The number of carbonyl (C=O) groups is 3. The summed E-state index contributed by atoms with van der Waals surface area (Å²) in [6, 6.07) is 0. The van der Waals surface area contributed by atoms with Gasteiger partial charge in [0.1, 0.15) is 12.8 Å². The summed E-state index contributed by atoms with van der Waals surface area (Å²) in [5.74, 6) is -3.32. The fraction of sp³-hybridized carbons (Fsp3) is 0.720. The van der Waals surface area contributed by atoms with Crippen LogP contribution >= 0.6 is 0 Å². The molecule has 0 aromatic rings. The second kappa shape index (κ2) is 10.7. The van der Waals surface area contributed by atoms with Crippen molar-refractivity contribution in [2.45, 2.75) is 58.7 Å². The van der Waals surface area contributed by atoms with Crippen molar-refractivity contribution in [3.05, 3.63) is 23.8 Å². The summed E-state index contributed by atoms with van der Waals surface area (Å²) in [5, 5.41) is 11.4. The van der Waals surface area contributed by atoms with Crippen molar-refractivity contribution in [3.63, 3.8) is 0 Å². The van der Waals surface area contributed by atoms with Crippen molar-refractivity contribution in [2.24, 2.45) is 40.4 Å². The zero-order chi connectivity index (χ0) is 25.9. The maximum Gasteiger partial charge on any atom is 1.00 e. The molecule has 8 nitrogen and oxygen atoms in total. The second-order valence-corrected chi connectivity index (χ2v) is 12.8. The van der Waals surface area contributed by atoms with Gasteiger partial charge in [0, 0.05) is 17.3 Å². The smallest absolute Gasteiger partial charge is 1.00 e. The van der Waals surface area contributed by atoms with Crippen molar-refractivity contribution < 1.29 is 94.4 Å². The summed E-state index contributed by atoms with van der Waals surface area (Å²) in [4.78, 5) is 37.0. The molecule has 0 heterocycles. The van der Waals surface area contributed by atoms with E-state index in [1.54, 1.807) is 6.08 Å². The summed E-state index contributed by atoms with van der Waals surface area (Å²) in [6.07, 6.45) is 3.05. The fourth-order valence-corrected chi connectivity index (χ4v) is 8.34. The van der Waals surface area contributed by atoms with Gasteiger partial charge in [-0.25, -0.2) is 4.39 Å². The molecule has 0 radical (unpaired) electrons. The zero-order valence-electron chi connectivity index (χ0n) is 22.1. The van der Waals surface area contributed by atoms with Crippen LogP contribution in [0.4, 0.5) is 4.39 Å². The molecule has 0 aromatic heterocycles. The van der Waals surface area contributed by atoms with E-state index in [2.05, 4.69) is 0 Å². The van der Waals surface area contributed by atoms with Crippen LogP contribution in [0.3, 0.4) is 0 Å². The molecule has 3 unspecified atom stereocenters. The summed E-state index contributed by atoms with van der Waals surface area (Å²) in [5.41, 5.74) is -0.974. The zero-order valence-corrected chi connectivity index (χ0v) is 25.1. The van der Waals surface area contributed by atoms with E-state index >= 15 is 4.39 Å². The van der Waals surface area contributed by atoms with E-state index in [1.807, 2.05) is 20.8 Å². The summed E-state index contributed by atoms with van der Waals surface area (Å²) in [7, 11) is -4.32. The van der Waals surface area contributed by atoms with Gasteiger partial charge in [0.15, 0.2) is 11.6 Å². The van der Waals surface area contributed by atoms with Crippen LogP contribution in [0.2, 0.25) is 0 Å². The van der Waals surface area contributed by atoms with E-state index in [0.717, 1.165) is 0 Å². The SMILES string of the molecule is CC1C[C@H]2[C@@H]3CC(F)C4=CC(=O)C=C[C@]4(C)[C@H]3C(O)C[C@]2(C)[C@H]1C(=O)COC(=O)CCS(=O)(=O)O.[H-].[K+]. The molecule has 0 saturated heterocycles. The van der Waals surface area contributed by atoms with Gasteiger partial charge in [0.25, 0.3) is 10.1 Å². The number of hydrogen-bond acceptors (Lipinski definition) is 7. The van der Waals surface area contributed by atoms with Gasteiger partial charge in [0.2, 0.25) is 0 Å². The summed E-state index contributed by atoms with van der Waals surface area (Å²) >= 11 is 0. The van der Waals surface area contributed by atoms with Gasteiger partial charge in [-0.2, -0.15) is 8.42 Å². The van der Waals surface area contributed by atoms with Crippen LogP contribution in [0.15, 0.2) is 23.8 Å². The Morgan fingerprint density at radius 1 is 1.28 bits per heavy atom. The number of halogens is 1. The number of ketones is 2. The van der Waals surface area contributed by atoms with Gasteiger partial charge in [-0.3, -0.25) is 18.9 Å². The van der Waals surface area contributed by atoms with Crippen molar-refractivity contribution in [3.8, 4) is 0 Å². The minimum absolute atomic E-state index is 0. The number of esters is 1. The molecule has 4 aliphatic carbocycles. The molecular formula is C25H34FKO8S. The molecule has 36 heavy (non-hydrogen) atoms. The third kappa shape index (κ3) is 5.41. The Bertz CT molecular complexity index is 1110. The van der Waals surface area contributed by atoms with E-state index in [4.69, 9.17) is 9.29 Å². The van der Waals surface area contributed by atoms with Crippen LogP contribution in [0, 0.1) is 40.4 Å². The minimum atomic E-state index is -4.32. The van der Waals surface area contributed by atoms with Gasteiger partial charge < -0.3 is 11.3 Å². The molecule has 0 bridgehead atoms. The van der Waals surface area contributed by atoms with E-state index in [9.17, 15) is 27.9 Å². The second-order valence-electron chi connectivity index (χ2n) is 11.2. The molecule has 0 spiro atoms. The van der Waals surface area contributed by atoms with E-state index in [0.29, 0.717) is 18.4 Å². The first-order chi connectivity index (χ1) is 16.2. The number of carbonyl (C=O) groups excluding carboxylic acids is 3. The molecule has 0 amide bonds. The van der Waals surface area contributed by atoms with Crippen molar-refractivity contribution in [2.75, 3.05) is 12.4 Å². The quantitative estimate of drug-likeness (QED) is 0.258. The van der Waals surface area contributed by atoms with Gasteiger partial charge in [-0.1, -0.05) is 26.8 Å². The van der Waals surface area contributed by atoms with Crippen molar-refractivity contribution in [1.82, 2.24) is 0 Å². The Balaban J connectivity index is 0.00000241. The number of Topliss-reactive ketones (excluding diaryl/α,β-unsaturated/α-hetero) is 1. The average molecular weight is 553 g/mol.